The number of hydrogen-bond donors (Lipinski definition) is 1. The molecule has 1 aromatic carbocycles. The number of benzene rings is 1. The van der Waals surface area contributed by atoms with Gasteiger partial charge >= 0.3 is 0 Å². The predicted octanol–water partition coefficient (Wildman–Crippen LogP) is 3.74. The maximum atomic E-state index is 6.17. The highest BCUT2D eigenvalue weighted by Gasteiger charge is 2.13. The number of halogens is 2. The summed E-state index contributed by atoms with van der Waals surface area (Å²) in [4.78, 5) is 4.13. The van der Waals surface area contributed by atoms with Crippen LogP contribution >= 0.6 is 23.2 Å². The molecule has 17 heavy (non-hydrogen) atoms. The molecule has 0 aliphatic carbocycles. The van der Waals surface area contributed by atoms with Gasteiger partial charge in [0.1, 0.15) is 0 Å². The molecule has 1 aromatic heterocycles. The fourth-order valence-electron chi connectivity index (χ4n) is 1.68. The Hall–Kier alpha value is -1.09. The lowest BCUT2D eigenvalue weighted by atomic mass is 10.0. The van der Waals surface area contributed by atoms with Gasteiger partial charge in [0.25, 0.3) is 0 Å². The van der Waals surface area contributed by atoms with Crippen LogP contribution in [0.1, 0.15) is 22.7 Å². The molecule has 4 heteroatoms. The molecule has 1 heterocycles. The van der Waals surface area contributed by atoms with Crippen LogP contribution in [0.5, 0.6) is 0 Å². The zero-order valence-corrected chi connectivity index (χ0v) is 10.8. The van der Waals surface area contributed by atoms with Crippen molar-refractivity contribution in [1.29, 1.82) is 0 Å². The molecule has 1 unspecified atom stereocenters. The summed E-state index contributed by atoms with van der Waals surface area (Å²) in [6.45, 7) is 1.98. The van der Waals surface area contributed by atoms with Gasteiger partial charge in [-0.3, -0.25) is 4.98 Å². The van der Waals surface area contributed by atoms with E-state index in [0.717, 1.165) is 16.7 Å². The van der Waals surface area contributed by atoms with Gasteiger partial charge in [0.05, 0.1) is 6.04 Å². The van der Waals surface area contributed by atoms with Gasteiger partial charge in [-0.1, -0.05) is 35.3 Å². The standard InChI is InChI=1S/C13H12Cl2N2/c1-8-4-9(7-17-6-8)13(16)11-3-2-10(14)5-12(11)15/h2-7,13H,16H2,1H3. The van der Waals surface area contributed by atoms with E-state index in [4.69, 9.17) is 28.9 Å². The molecule has 2 nitrogen and oxygen atoms in total. The monoisotopic (exact) mass is 266 g/mol. The number of rotatable bonds is 2. The second-order valence-electron chi connectivity index (χ2n) is 3.94. The molecule has 88 valence electrons. The van der Waals surface area contributed by atoms with Crippen LogP contribution in [0.4, 0.5) is 0 Å². The van der Waals surface area contributed by atoms with E-state index in [1.165, 1.54) is 0 Å². The summed E-state index contributed by atoms with van der Waals surface area (Å²) in [5.74, 6) is 0. The van der Waals surface area contributed by atoms with Crippen molar-refractivity contribution >= 4 is 23.2 Å². The van der Waals surface area contributed by atoms with E-state index in [-0.39, 0.29) is 6.04 Å². The largest absolute Gasteiger partial charge is 0.320 e. The normalized spacial score (nSPS) is 12.5. The summed E-state index contributed by atoms with van der Waals surface area (Å²) in [5, 5.41) is 1.18. The average molecular weight is 267 g/mol. The van der Waals surface area contributed by atoms with Gasteiger partial charge < -0.3 is 5.73 Å². The number of pyridine rings is 1. The number of aromatic nitrogens is 1. The minimum absolute atomic E-state index is 0.285. The highest BCUT2D eigenvalue weighted by atomic mass is 35.5. The van der Waals surface area contributed by atoms with Crippen molar-refractivity contribution in [3.63, 3.8) is 0 Å². The lowest BCUT2D eigenvalue weighted by molar-refractivity contribution is 0.861. The Morgan fingerprint density at radius 1 is 1.18 bits per heavy atom. The van der Waals surface area contributed by atoms with E-state index >= 15 is 0 Å². The molecular weight excluding hydrogens is 255 g/mol. The van der Waals surface area contributed by atoms with Gasteiger partial charge in [-0.2, -0.15) is 0 Å². The average Bonchev–Trinajstić information content (AvgIpc) is 2.28. The Labute approximate surface area is 110 Å². The zero-order chi connectivity index (χ0) is 12.4. The highest BCUT2D eigenvalue weighted by Crippen LogP contribution is 2.28. The van der Waals surface area contributed by atoms with E-state index in [1.807, 2.05) is 19.1 Å². The maximum Gasteiger partial charge on any atom is 0.0581 e. The first-order valence-corrected chi connectivity index (χ1v) is 5.95. The van der Waals surface area contributed by atoms with E-state index in [1.54, 1.807) is 24.5 Å². The molecule has 0 saturated heterocycles. The van der Waals surface area contributed by atoms with Crippen molar-refractivity contribution < 1.29 is 0 Å². The van der Waals surface area contributed by atoms with Crippen molar-refractivity contribution in [3.8, 4) is 0 Å². The molecule has 2 aromatic rings. The molecule has 2 rings (SSSR count). The molecule has 2 N–H and O–H groups in total. The van der Waals surface area contributed by atoms with Crippen LogP contribution in [0.3, 0.4) is 0 Å². The topological polar surface area (TPSA) is 38.9 Å². The van der Waals surface area contributed by atoms with Crippen LogP contribution in [0, 0.1) is 6.92 Å². The summed E-state index contributed by atoms with van der Waals surface area (Å²) < 4.78 is 0. The maximum absolute atomic E-state index is 6.17. The van der Waals surface area contributed by atoms with Crippen molar-refractivity contribution in [2.24, 2.45) is 5.73 Å². The summed E-state index contributed by atoms with van der Waals surface area (Å²) in [7, 11) is 0. The number of nitrogens with zero attached hydrogens (tertiary/aromatic N) is 1. The van der Waals surface area contributed by atoms with Crippen LogP contribution in [0.2, 0.25) is 10.0 Å². The summed E-state index contributed by atoms with van der Waals surface area (Å²) in [6.07, 6.45) is 3.54. The van der Waals surface area contributed by atoms with E-state index in [2.05, 4.69) is 4.98 Å². The second-order valence-corrected chi connectivity index (χ2v) is 4.78. The fraction of sp³-hybridized carbons (Fsp3) is 0.154. The highest BCUT2D eigenvalue weighted by molar-refractivity contribution is 6.35. The summed E-state index contributed by atoms with van der Waals surface area (Å²) in [6, 6.07) is 7.04. The van der Waals surface area contributed by atoms with Gasteiger partial charge in [-0.05, 0) is 35.7 Å². The predicted molar refractivity (Wildman–Crippen MR) is 71.5 cm³/mol. The lowest BCUT2D eigenvalue weighted by Crippen LogP contribution is -2.12. The number of nitrogens with two attached hydrogens (primary N) is 1. The molecule has 0 radical (unpaired) electrons. The molecule has 0 saturated carbocycles. The zero-order valence-electron chi connectivity index (χ0n) is 9.32. The minimum Gasteiger partial charge on any atom is -0.320 e. The Kier molecular flexibility index (Phi) is 3.67. The van der Waals surface area contributed by atoms with Gasteiger partial charge in [0, 0.05) is 22.4 Å². The number of aryl methyl sites for hydroxylation is 1. The lowest BCUT2D eigenvalue weighted by Gasteiger charge is -2.14. The Morgan fingerprint density at radius 2 is 1.94 bits per heavy atom. The van der Waals surface area contributed by atoms with Gasteiger partial charge in [-0.15, -0.1) is 0 Å². The molecule has 0 amide bonds. The van der Waals surface area contributed by atoms with Crippen LogP contribution in [0.15, 0.2) is 36.7 Å². The summed E-state index contributed by atoms with van der Waals surface area (Å²) >= 11 is 12.0. The van der Waals surface area contributed by atoms with Gasteiger partial charge in [0.2, 0.25) is 0 Å². The third kappa shape index (κ3) is 2.78. The SMILES string of the molecule is Cc1cncc(C(N)c2ccc(Cl)cc2Cl)c1. The van der Waals surface area contributed by atoms with Crippen LogP contribution in [-0.2, 0) is 0 Å². The third-order valence-electron chi connectivity index (χ3n) is 2.55. The van der Waals surface area contributed by atoms with E-state index in [0.29, 0.717) is 10.0 Å². The van der Waals surface area contributed by atoms with Gasteiger partial charge in [0.15, 0.2) is 0 Å². The first kappa shape index (κ1) is 12.4. The molecule has 0 aliphatic heterocycles. The molecule has 0 bridgehead atoms. The van der Waals surface area contributed by atoms with Crippen molar-refractivity contribution in [3.05, 3.63) is 63.4 Å². The Balaban J connectivity index is 2.40. The van der Waals surface area contributed by atoms with Crippen LogP contribution in [0.25, 0.3) is 0 Å². The Bertz CT molecular complexity index is 541. The first-order valence-electron chi connectivity index (χ1n) is 5.20. The van der Waals surface area contributed by atoms with Crippen LogP contribution in [-0.4, -0.2) is 4.98 Å². The van der Waals surface area contributed by atoms with Crippen molar-refractivity contribution in [2.45, 2.75) is 13.0 Å². The second kappa shape index (κ2) is 5.05. The van der Waals surface area contributed by atoms with Gasteiger partial charge in [-0.25, -0.2) is 0 Å². The molecule has 0 fully saturated rings. The Morgan fingerprint density at radius 3 is 2.59 bits per heavy atom. The third-order valence-corrected chi connectivity index (χ3v) is 3.12. The van der Waals surface area contributed by atoms with Crippen molar-refractivity contribution in [1.82, 2.24) is 4.98 Å². The smallest absolute Gasteiger partial charge is 0.0581 e. The molecule has 0 aliphatic rings. The van der Waals surface area contributed by atoms with Crippen LogP contribution < -0.4 is 5.73 Å². The molecule has 1 atom stereocenters. The first-order chi connectivity index (χ1) is 8.08. The van der Waals surface area contributed by atoms with E-state index in [9.17, 15) is 0 Å². The summed E-state index contributed by atoms with van der Waals surface area (Å²) in [5.41, 5.74) is 9.03. The minimum atomic E-state index is -0.285. The fourth-order valence-corrected chi connectivity index (χ4v) is 2.21. The molecular formula is C13H12Cl2N2. The number of hydrogen-bond acceptors (Lipinski definition) is 2. The molecule has 0 spiro atoms. The van der Waals surface area contributed by atoms with E-state index < -0.39 is 0 Å². The quantitative estimate of drug-likeness (QED) is 0.900. The van der Waals surface area contributed by atoms with Crippen molar-refractivity contribution in [2.75, 3.05) is 0 Å².